The number of rotatable bonds is 0. The highest BCUT2D eigenvalue weighted by Crippen LogP contribution is 1.60. The van der Waals surface area contributed by atoms with Crippen LogP contribution >= 0.6 is 0 Å². The molecule has 0 aromatic rings. The Morgan fingerprint density at radius 2 is 0.750 bits per heavy atom. The molecule has 0 N–H and O–H groups in total. The van der Waals surface area contributed by atoms with Crippen molar-refractivity contribution in [3.8, 4) is 22.2 Å². The summed E-state index contributed by atoms with van der Waals surface area (Å²) in [5, 5.41) is 0. The predicted molar refractivity (Wildman–Crippen MR) is 38.6 cm³/mol. The molecule has 0 aromatic carbocycles. The smallest absolute Gasteiger partial charge is 0.146 e. The van der Waals surface area contributed by atoms with Crippen LogP contribution in [0, 0.1) is 22.2 Å². The first kappa shape index (κ1) is 6.11. The Bertz CT molecular complexity index is 138. The van der Waals surface area contributed by atoms with Crippen LogP contribution in [-0.4, -0.2) is 36.1 Å². The van der Waals surface area contributed by atoms with Gasteiger partial charge in [-0.15, -0.1) is 22.2 Å². The molecular formula is C4Si4. The van der Waals surface area contributed by atoms with Crippen molar-refractivity contribution in [1.29, 1.82) is 0 Å². The SMILES string of the molecule is C1#C[Si][Si]C#C[Si][Si]1. The van der Waals surface area contributed by atoms with Crippen LogP contribution in [0.1, 0.15) is 0 Å². The molecule has 0 saturated heterocycles. The summed E-state index contributed by atoms with van der Waals surface area (Å²) in [5.74, 6) is 0. The monoisotopic (exact) mass is 160 g/mol. The molecule has 0 atom stereocenters. The van der Waals surface area contributed by atoms with E-state index in [4.69, 9.17) is 0 Å². The lowest BCUT2D eigenvalue weighted by Gasteiger charge is -1.79. The molecule has 0 fully saturated rings. The van der Waals surface area contributed by atoms with Crippen molar-refractivity contribution < 1.29 is 0 Å². The molecular weight excluding hydrogens is 160 g/mol. The molecule has 1 rings (SSSR count). The van der Waals surface area contributed by atoms with Crippen molar-refractivity contribution in [3.05, 3.63) is 0 Å². The minimum absolute atomic E-state index is 0.795. The third kappa shape index (κ3) is 2.33. The largest absolute Gasteiger partial charge is 0.146 e. The molecule has 4 heteroatoms. The minimum Gasteiger partial charge on any atom is -0.146 e. The second-order valence-corrected chi connectivity index (χ2v) is 6.00. The molecule has 0 aliphatic carbocycles. The maximum absolute atomic E-state index is 3.09. The second kappa shape index (κ2) is 3.93. The Labute approximate surface area is 58.7 Å². The molecule has 0 nitrogen and oxygen atoms in total. The van der Waals surface area contributed by atoms with Gasteiger partial charge in [-0.05, 0) is 0 Å². The van der Waals surface area contributed by atoms with Crippen molar-refractivity contribution in [2.45, 2.75) is 0 Å². The molecule has 1 aliphatic heterocycles. The van der Waals surface area contributed by atoms with Crippen molar-refractivity contribution in [2.75, 3.05) is 0 Å². The quantitative estimate of drug-likeness (QED) is 0.298. The van der Waals surface area contributed by atoms with E-state index in [9.17, 15) is 0 Å². The normalized spacial score (nSPS) is 16.0. The van der Waals surface area contributed by atoms with Gasteiger partial charge in [0.25, 0.3) is 0 Å². The van der Waals surface area contributed by atoms with E-state index < -0.39 is 0 Å². The van der Waals surface area contributed by atoms with E-state index in [1.54, 1.807) is 0 Å². The Morgan fingerprint density at radius 1 is 0.500 bits per heavy atom. The van der Waals surface area contributed by atoms with Gasteiger partial charge in [-0.2, -0.15) is 0 Å². The first-order valence-corrected chi connectivity index (χ1v) is 8.00. The van der Waals surface area contributed by atoms with E-state index in [2.05, 4.69) is 22.2 Å². The third-order valence-electron chi connectivity index (χ3n) is 0.500. The van der Waals surface area contributed by atoms with Gasteiger partial charge < -0.3 is 0 Å². The predicted octanol–water partition coefficient (Wildman–Crippen LogP) is -1.52. The van der Waals surface area contributed by atoms with Gasteiger partial charge in [0.15, 0.2) is 0 Å². The fourth-order valence-electron chi connectivity index (χ4n) is 0.250. The Balaban J connectivity index is 2.40. The van der Waals surface area contributed by atoms with Crippen molar-refractivity contribution in [1.82, 2.24) is 0 Å². The average Bonchev–Trinajstić information content (AvgIpc) is 1.62. The Kier molecular flexibility index (Phi) is 3.00. The topological polar surface area (TPSA) is 0 Å². The van der Waals surface area contributed by atoms with E-state index in [1.807, 2.05) is 0 Å². The van der Waals surface area contributed by atoms with E-state index in [0.29, 0.717) is 0 Å². The van der Waals surface area contributed by atoms with Gasteiger partial charge in [0.05, 0.1) is 0 Å². The molecule has 0 amide bonds. The molecule has 1 heterocycles. The second-order valence-electron chi connectivity index (χ2n) is 1.00. The molecule has 8 heavy (non-hydrogen) atoms. The van der Waals surface area contributed by atoms with Gasteiger partial charge in [-0.1, -0.05) is 0 Å². The zero-order valence-corrected chi connectivity index (χ0v) is 8.00. The molecule has 1 aliphatic rings. The number of hydrogen-bond acceptors (Lipinski definition) is 0. The first-order valence-electron chi connectivity index (χ1n) is 2.00. The molecule has 0 aromatic heterocycles. The lowest BCUT2D eigenvalue weighted by molar-refractivity contribution is 2.80. The fourth-order valence-corrected chi connectivity index (χ4v) is 4.50. The van der Waals surface area contributed by atoms with E-state index in [-0.39, 0.29) is 0 Å². The highest BCUT2D eigenvalue weighted by molar-refractivity contribution is 7.13. The van der Waals surface area contributed by atoms with Crippen molar-refractivity contribution in [3.63, 3.8) is 0 Å². The molecule has 0 unspecified atom stereocenters. The third-order valence-corrected chi connectivity index (χ3v) is 4.50. The maximum atomic E-state index is 3.09. The van der Waals surface area contributed by atoms with Crippen LogP contribution in [0.25, 0.3) is 0 Å². The van der Waals surface area contributed by atoms with Crippen molar-refractivity contribution in [2.24, 2.45) is 0 Å². The van der Waals surface area contributed by atoms with Gasteiger partial charge in [-0.25, -0.2) is 0 Å². The van der Waals surface area contributed by atoms with Crippen LogP contribution in [-0.2, 0) is 0 Å². The van der Waals surface area contributed by atoms with Gasteiger partial charge in [0.2, 0.25) is 0 Å². The minimum atomic E-state index is 0.795. The molecule has 32 valence electrons. The standard InChI is InChI=1S/C4Si4/c1-2-6-8-4-3-7-5-1. The summed E-state index contributed by atoms with van der Waals surface area (Å²) >= 11 is 0. The molecule has 0 saturated carbocycles. The van der Waals surface area contributed by atoms with Crippen LogP contribution in [0.3, 0.4) is 0 Å². The van der Waals surface area contributed by atoms with Gasteiger partial charge in [-0.3, -0.25) is 0 Å². The summed E-state index contributed by atoms with van der Waals surface area (Å²) in [4.78, 5) is 0. The lowest BCUT2D eigenvalue weighted by atomic mass is 11.4. The van der Waals surface area contributed by atoms with Crippen LogP contribution in [0.15, 0.2) is 0 Å². The lowest BCUT2D eigenvalue weighted by Crippen LogP contribution is -2.06. The Morgan fingerprint density at radius 3 is 1.00 bits per heavy atom. The highest BCUT2D eigenvalue weighted by Gasteiger charge is 1.86. The number of hydrogen-bond donors (Lipinski definition) is 0. The zero-order valence-electron chi connectivity index (χ0n) is 4.00. The average molecular weight is 160 g/mol. The summed E-state index contributed by atoms with van der Waals surface area (Å²) in [6.07, 6.45) is 0. The van der Waals surface area contributed by atoms with E-state index in [0.717, 1.165) is 36.1 Å². The van der Waals surface area contributed by atoms with Crippen LogP contribution < -0.4 is 0 Å². The van der Waals surface area contributed by atoms with Gasteiger partial charge >= 0.3 is 0 Å². The Hall–Kier alpha value is -0.0125. The van der Waals surface area contributed by atoms with E-state index in [1.165, 1.54) is 0 Å². The molecule has 0 spiro atoms. The summed E-state index contributed by atoms with van der Waals surface area (Å²) in [6, 6.07) is 0. The van der Waals surface area contributed by atoms with Crippen LogP contribution in [0.2, 0.25) is 0 Å². The van der Waals surface area contributed by atoms with E-state index >= 15 is 0 Å². The molecule has 8 radical (unpaired) electrons. The summed E-state index contributed by atoms with van der Waals surface area (Å²) in [6.45, 7) is 0. The fraction of sp³-hybridized carbons (Fsp3) is 0. The van der Waals surface area contributed by atoms with Crippen molar-refractivity contribution >= 4 is 36.1 Å². The van der Waals surface area contributed by atoms with Crippen LogP contribution in [0.5, 0.6) is 0 Å². The van der Waals surface area contributed by atoms with Gasteiger partial charge in [0, 0.05) is 0 Å². The summed E-state index contributed by atoms with van der Waals surface area (Å²) in [7, 11) is 3.18. The first-order chi connectivity index (χ1) is 4.00. The highest BCUT2D eigenvalue weighted by atomic mass is 29.1. The van der Waals surface area contributed by atoms with Crippen LogP contribution in [0.4, 0.5) is 0 Å². The van der Waals surface area contributed by atoms with Gasteiger partial charge in [0.1, 0.15) is 36.1 Å². The molecule has 0 bridgehead atoms. The summed E-state index contributed by atoms with van der Waals surface area (Å²) < 4.78 is 0. The zero-order chi connectivity index (χ0) is 5.66. The summed E-state index contributed by atoms with van der Waals surface area (Å²) in [5.41, 5.74) is 12.4. The maximum Gasteiger partial charge on any atom is 0.146 e.